The van der Waals surface area contributed by atoms with Crippen LogP contribution in [0.25, 0.3) is 16.6 Å². The predicted molar refractivity (Wildman–Crippen MR) is 127 cm³/mol. The Morgan fingerprint density at radius 3 is 2.77 bits per heavy atom. The number of halogens is 3. The van der Waals surface area contributed by atoms with Gasteiger partial charge in [-0.05, 0) is 24.6 Å². The van der Waals surface area contributed by atoms with Gasteiger partial charge in [-0.25, -0.2) is 13.8 Å². The molecule has 1 unspecified atom stereocenters. The summed E-state index contributed by atoms with van der Waals surface area (Å²) in [5.74, 6) is -0.773. The summed E-state index contributed by atoms with van der Waals surface area (Å²) in [6.07, 6.45) is 5.15. The number of benzene rings is 1. The fourth-order valence-corrected chi connectivity index (χ4v) is 4.49. The van der Waals surface area contributed by atoms with Crippen LogP contribution in [0.4, 0.5) is 14.6 Å². The first kappa shape index (κ1) is 23.4. The van der Waals surface area contributed by atoms with Gasteiger partial charge in [0.15, 0.2) is 0 Å². The molecule has 1 aromatic carbocycles. The van der Waals surface area contributed by atoms with E-state index in [-0.39, 0.29) is 41.1 Å². The molecule has 0 amide bonds. The lowest BCUT2D eigenvalue weighted by Gasteiger charge is -2.22. The number of nitrogens with one attached hydrogen (secondary N) is 1. The van der Waals surface area contributed by atoms with Gasteiger partial charge in [0.1, 0.15) is 17.5 Å². The first-order valence-corrected chi connectivity index (χ1v) is 11.4. The Balaban J connectivity index is 1.48. The molecule has 0 bridgehead atoms. The molecule has 4 heterocycles. The number of anilines is 1. The normalized spacial score (nSPS) is 16.6. The minimum Gasteiger partial charge on any atom is -0.394 e. The Kier molecular flexibility index (Phi) is 6.50. The highest BCUT2D eigenvalue weighted by atomic mass is 35.5. The van der Waals surface area contributed by atoms with Crippen molar-refractivity contribution in [3.63, 3.8) is 0 Å². The van der Waals surface area contributed by atoms with Crippen molar-refractivity contribution < 1.29 is 18.6 Å². The van der Waals surface area contributed by atoms with Crippen molar-refractivity contribution in [2.24, 2.45) is 5.92 Å². The summed E-state index contributed by atoms with van der Waals surface area (Å²) < 4.78 is 36.4. The van der Waals surface area contributed by atoms with Gasteiger partial charge in [-0.3, -0.25) is 14.0 Å². The zero-order valence-corrected chi connectivity index (χ0v) is 19.3. The fourth-order valence-electron chi connectivity index (χ4n) is 4.29. The van der Waals surface area contributed by atoms with Crippen LogP contribution in [0.5, 0.6) is 0 Å². The number of aromatic nitrogens is 4. The SMILES string of the molecule is O=c1c2cnn(Cc3c(F)cccc3F)c2ccn1-c1cc(N[C@@H](CO)C2CCOC2)ncc1Cl. The zero-order valence-electron chi connectivity index (χ0n) is 18.5. The second kappa shape index (κ2) is 9.73. The minimum atomic E-state index is -0.684. The van der Waals surface area contributed by atoms with E-state index in [1.54, 1.807) is 12.1 Å². The first-order chi connectivity index (χ1) is 17.0. The van der Waals surface area contributed by atoms with Crippen molar-refractivity contribution in [2.75, 3.05) is 25.1 Å². The predicted octanol–water partition coefficient (Wildman–Crippen LogP) is 3.37. The number of pyridine rings is 2. The number of ether oxygens (including phenoxy) is 1. The molecule has 1 aliphatic rings. The molecule has 1 saturated heterocycles. The highest BCUT2D eigenvalue weighted by molar-refractivity contribution is 6.32. The van der Waals surface area contributed by atoms with E-state index in [9.17, 15) is 18.7 Å². The second-order valence-electron chi connectivity index (χ2n) is 8.37. The molecule has 182 valence electrons. The molecule has 0 spiro atoms. The molecule has 35 heavy (non-hydrogen) atoms. The third-order valence-corrected chi connectivity index (χ3v) is 6.53. The van der Waals surface area contributed by atoms with Crippen LogP contribution < -0.4 is 10.9 Å². The lowest BCUT2D eigenvalue weighted by atomic mass is 10.00. The van der Waals surface area contributed by atoms with Crippen molar-refractivity contribution in [3.8, 4) is 5.69 Å². The minimum absolute atomic E-state index is 0.0959. The molecule has 11 heteroatoms. The van der Waals surface area contributed by atoms with Gasteiger partial charge in [-0.2, -0.15) is 5.10 Å². The van der Waals surface area contributed by atoms with Crippen molar-refractivity contribution >= 4 is 28.3 Å². The summed E-state index contributed by atoms with van der Waals surface area (Å²) in [7, 11) is 0. The van der Waals surface area contributed by atoms with E-state index in [0.717, 1.165) is 6.42 Å². The summed E-state index contributed by atoms with van der Waals surface area (Å²) in [5, 5.41) is 17.7. The molecule has 1 aliphatic heterocycles. The van der Waals surface area contributed by atoms with Crippen LogP contribution in [-0.2, 0) is 11.3 Å². The molecule has 3 aromatic heterocycles. The quantitative estimate of drug-likeness (QED) is 0.403. The van der Waals surface area contributed by atoms with Crippen LogP contribution in [0.15, 0.2) is 53.7 Å². The number of aliphatic hydroxyl groups excluding tert-OH is 1. The summed E-state index contributed by atoms with van der Waals surface area (Å²) in [4.78, 5) is 17.6. The van der Waals surface area contributed by atoms with Crippen molar-refractivity contribution in [3.05, 3.63) is 81.5 Å². The second-order valence-corrected chi connectivity index (χ2v) is 8.78. The van der Waals surface area contributed by atoms with Gasteiger partial charge in [0.2, 0.25) is 0 Å². The monoisotopic (exact) mass is 501 g/mol. The highest BCUT2D eigenvalue weighted by Crippen LogP contribution is 2.25. The Labute approximate surface area is 203 Å². The molecular weight excluding hydrogens is 480 g/mol. The van der Waals surface area contributed by atoms with Crippen molar-refractivity contribution in [2.45, 2.75) is 19.0 Å². The van der Waals surface area contributed by atoms with Crippen LogP contribution >= 0.6 is 11.6 Å². The number of nitrogens with zero attached hydrogens (tertiary/aromatic N) is 4. The van der Waals surface area contributed by atoms with E-state index in [2.05, 4.69) is 15.4 Å². The summed E-state index contributed by atoms with van der Waals surface area (Å²) >= 11 is 6.38. The van der Waals surface area contributed by atoms with Crippen molar-refractivity contribution in [1.82, 2.24) is 19.3 Å². The third-order valence-electron chi connectivity index (χ3n) is 6.24. The molecule has 2 atom stereocenters. The standard InChI is InChI=1S/C24H22ClF2N5O3/c25-17-10-28-23(30-20(12-33)14-5-7-35-13-14)8-22(17)31-6-4-21-15(24(31)34)9-29-32(21)11-16-18(26)2-1-3-19(16)27/h1-4,6,8-10,14,20,33H,5,7,11-13H2,(H,28,30)/t14?,20-/m0/s1. The molecule has 0 saturated carbocycles. The van der Waals surface area contributed by atoms with E-state index in [1.807, 2.05) is 0 Å². The zero-order chi connectivity index (χ0) is 24.5. The van der Waals surface area contributed by atoms with Gasteiger partial charge in [0.25, 0.3) is 5.56 Å². The van der Waals surface area contributed by atoms with Crippen molar-refractivity contribution in [1.29, 1.82) is 0 Å². The number of rotatable bonds is 7. The van der Waals surface area contributed by atoms with Crippen LogP contribution in [0.3, 0.4) is 0 Å². The number of hydrogen-bond donors (Lipinski definition) is 2. The molecule has 8 nitrogen and oxygen atoms in total. The maximum absolute atomic E-state index is 14.1. The van der Waals surface area contributed by atoms with Gasteiger partial charge >= 0.3 is 0 Å². The number of fused-ring (bicyclic) bond motifs is 1. The lowest BCUT2D eigenvalue weighted by molar-refractivity contribution is 0.169. The lowest BCUT2D eigenvalue weighted by Crippen LogP contribution is -2.33. The number of hydrogen-bond acceptors (Lipinski definition) is 6. The molecule has 4 aromatic rings. The maximum Gasteiger partial charge on any atom is 0.266 e. The average Bonchev–Trinajstić information content (AvgIpc) is 3.52. The third kappa shape index (κ3) is 4.52. The fraction of sp³-hybridized carbons (Fsp3) is 0.292. The van der Waals surface area contributed by atoms with Gasteiger partial charge in [-0.15, -0.1) is 0 Å². The van der Waals surface area contributed by atoms with E-state index in [0.29, 0.717) is 30.2 Å². The van der Waals surface area contributed by atoms with Crippen LogP contribution in [0.1, 0.15) is 12.0 Å². The topological polar surface area (TPSA) is 94.2 Å². The van der Waals surface area contributed by atoms with Crippen LogP contribution in [-0.4, -0.2) is 50.3 Å². The maximum atomic E-state index is 14.1. The van der Waals surface area contributed by atoms with E-state index >= 15 is 0 Å². The molecule has 2 N–H and O–H groups in total. The average molecular weight is 502 g/mol. The molecule has 1 fully saturated rings. The molecule has 5 rings (SSSR count). The Hall–Kier alpha value is -3.34. The Morgan fingerprint density at radius 2 is 2.06 bits per heavy atom. The molecule has 0 aliphatic carbocycles. The van der Waals surface area contributed by atoms with Gasteiger partial charge in [0, 0.05) is 30.4 Å². The van der Waals surface area contributed by atoms with Gasteiger partial charge in [-0.1, -0.05) is 17.7 Å². The Morgan fingerprint density at radius 1 is 1.26 bits per heavy atom. The van der Waals surface area contributed by atoms with Crippen LogP contribution in [0.2, 0.25) is 5.02 Å². The molecule has 0 radical (unpaired) electrons. The largest absolute Gasteiger partial charge is 0.394 e. The first-order valence-electron chi connectivity index (χ1n) is 11.1. The van der Waals surface area contributed by atoms with Crippen LogP contribution in [0, 0.1) is 17.6 Å². The summed E-state index contributed by atoms with van der Waals surface area (Å²) in [6.45, 7) is 0.939. The van der Waals surface area contributed by atoms with E-state index in [1.165, 1.54) is 46.0 Å². The summed E-state index contributed by atoms with van der Waals surface area (Å²) in [6, 6.07) is 6.66. The van der Waals surface area contributed by atoms with E-state index < -0.39 is 17.2 Å². The Bertz CT molecular complexity index is 1410. The molecular formula is C24H22ClF2N5O3. The highest BCUT2D eigenvalue weighted by Gasteiger charge is 2.26. The van der Waals surface area contributed by atoms with Gasteiger partial charge < -0.3 is 15.2 Å². The van der Waals surface area contributed by atoms with Gasteiger partial charge in [0.05, 0.1) is 59.8 Å². The number of aliphatic hydroxyl groups is 1. The van der Waals surface area contributed by atoms with E-state index in [4.69, 9.17) is 16.3 Å². The summed E-state index contributed by atoms with van der Waals surface area (Å²) in [5.41, 5.74) is 0.285. The smallest absolute Gasteiger partial charge is 0.266 e.